The van der Waals surface area contributed by atoms with Crippen molar-refractivity contribution in [3.8, 4) is 17.2 Å². The second-order valence-corrected chi connectivity index (χ2v) is 9.19. The minimum Gasteiger partial charge on any atom is -0.492 e. The van der Waals surface area contributed by atoms with Crippen molar-refractivity contribution >= 4 is 27.8 Å². The number of ether oxygens (including phenoxy) is 3. The van der Waals surface area contributed by atoms with Gasteiger partial charge in [0.1, 0.15) is 35.2 Å². The topological polar surface area (TPSA) is 86.1 Å². The predicted molar refractivity (Wildman–Crippen MR) is 143 cm³/mol. The summed E-state index contributed by atoms with van der Waals surface area (Å²) in [6, 6.07) is 13.2. The molecule has 5 rings (SSSR count). The fourth-order valence-electron chi connectivity index (χ4n) is 4.54. The van der Waals surface area contributed by atoms with Crippen molar-refractivity contribution in [2.24, 2.45) is 0 Å². The van der Waals surface area contributed by atoms with Crippen molar-refractivity contribution in [2.45, 2.75) is 26.7 Å². The zero-order valence-electron chi connectivity index (χ0n) is 21.4. The van der Waals surface area contributed by atoms with Crippen LogP contribution in [0, 0.1) is 6.92 Å². The number of rotatable bonds is 10. The molecule has 8 nitrogen and oxygen atoms in total. The largest absolute Gasteiger partial charge is 0.492 e. The van der Waals surface area contributed by atoms with Crippen LogP contribution < -0.4 is 14.8 Å². The van der Waals surface area contributed by atoms with Crippen LogP contribution in [-0.2, 0) is 4.74 Å². The molecule has 1 saturated heterocycles. The Bertz CT molecular complexity index is 1380. The average Bonchev–Trinajstić information content (AvgIpc) is 3.24. The molecule has 1 aliphatic rings. The number of carbonyl (C=O) groups excluding carboxylic acids is 1. The first-order chi connectivity index (χ1) is 18.1. The Balaban J connectivity index is 1.29. The number of pyridine rings is 1. The molecule has 4 aromatic rings. The first-order valence-electron chi connectivity index (χ1n) is 12.9. The summed E-state index contributed by atoms with van der Waals surface area (Å²) >= 11 is 0. The molecular weight excluding hydrogens is 470 g/mol. The molecule has 0 saturated carbocycles. The molecule has 0 unspecified atom stereocenters. The summed E-state index contributed by atoms with van der Waals surface area (Å²) in [6.07, 6.45) is 3.70. The molecule has 1 N–H and O–H groups in total. The minimum atomic E-state index is -0.110. The molecule has 1 fully saturated rings. The summed E-state index contributed by atoms with van der Waals surface area (Å²) in [7, 11) is 0. The lowest BCUT2D eigenvalue weighted by molar-refractivity contribution is 0.0322. The molecule has 0 atom stereocenters. The second-order valence-electron chi connectivity index (χ2n) is 9.19. The quantitative estimate of drug-likeness (QED) is 0.293. The number of unbranched alkanes of at least 4 members (excludes halogenated alkanes) is 1. The van der Waals surface area contributed by atoms with Crippen LogP contribution in [0.2, 0.25) is 0 Å². The van der Waals surface area contributed by atoms with E-state index >= 15 is 0 Å². The maximum atomic E-state index is 12.7. The van der Waals surface area contributed by atoms with E-state index in [1.165, 1.54) is 0 Å². The SMILES string of the molecule is CCCCNC(=O)c1c(C)oc2cc(Oc3ccnc4cc(OCCN5CCOCC5)ccc34)ccc12. The monoisotopic (exact) mass is 503 g/mol. The van der Waals surface area contributed by atoms with Gasteiger partial charge in [-0.2, -0.15) is 0 Å². The summed E-state index contributed by atoms with van der Waals surface area (Å²) < 4.78 is 23.5. The number of hydrogen-bond acceptors (Lipinski definition) is 7. The van der Waals surface area contributed by atoms with E-state index < -0.39 is 0 Å². The van der Waals surface area contributed by atoms with Crippen LogP contribution in [0.3, 0.4) is 0 Å². The Labute approximate surface area is 216 Å². The van der Waals surface area contributed by atoms with E-state index in [1.807, 2.05) is 49.4 Å². The van der Waals surface area contributed by atoms with Crippen molar-refractivity contribution in [3.63, 3.8) is 0 Å². The number of hydrogen-bond donors (Lipinski definition) is 1. The van der Waals surface area contributed by atoms with Gasteiger partial charge in [0.15, 0.2) is 0 Å². The normalized spacial score (nSPS) is 14.2. The molecule has 0 spiro atoms. The maximum absolute atomic E-state index is 12.7. The predicted octanol–water partition coefficient (Wildman–Crippen LogP) is 5.32. The van der Waals surface area contributed by atoms with E-state index in [0.29, 0.717) is 41.6 Å². The Morgan fingerprint density at radius 3 is 2.73 bits per heavy atom. The zero-order valence-corrected chi connectivity index (χ0v) is 21.4. The van der Waals surface area contributed by atoms with Gasteiger partial charge in [-0.05, 0) is 43.7 Å². The van der Waals surface area contributed by atoms with Crippen molar-refractivity contribution < 1.29 is 23.4 Å². The smallest absolute Gasteiger partial charge is 0.255 e. The standard InChI is InChI=1S/C29H33N3O5/c1-3-4-10-31-29(33)28-20(2)36-27-19-22(6-8-24(27)28)37-26-9-11-30-25-18-21(5-7-23(25)26)35-17-14-32-12-15-34-16-13-32/h5-9,11,18-19H,3-4,10,12-17H2,1-2H3,(H,31,33). The lowest BCUT2D eigenvalue weighted by atomic mass is 10.1. The highest BCUT2D eigenvalue weighted by molar-refractivity contribution is 6.07. The average molecular weight is 504 g/mol. The summed E-state index contributed by atoms with van der Waals surface area (Å²) in [5, 5.41) is 4.63. The third-order valence-electron chi connectivity index (χ3n) is 6.56. The lowest BCUT2D eigenvalue weighted by Crippen LogP contribution is -2.38. The zero-order chi connectivity index (χ0) is 25.6. The third-order valence-corrected chi connectivity index (χ3v) is 6.56. The van der Waals surface area contributed by atoms with Crippen molar-refractivity contribution in [2.75, 3.05) is 46.0 Å². The van der Waals surface area contributed by atoms with Crippen LogP contribution in [-0.4, -0.2) is 61.8 Å². The van der Waals surface area contributed by atoms with Gasteiger partial charge in [0.2, 0.25) is 0 Å². The van der Waals surface area contributed by atoms with Gasteiger partial charge in [0, 0.05) is 55.3 Å². The molecule has 0 bridgehead atoms. The van der Waals surface area contributed by atoms with Gasteiger partial charge in [-0.3, -0.25) is 14.7 Å². The number of fused-ring (bicyclic) bond motifs is 2. The molecule has 3 heterocycles. The highest BCUT2D eigenvalue weighted by atomic mass is 16.5. The molecule has 2 aromatic heterocycles. The molecule has 1 aliphatic heterocycles. The summed E-state index contributed by atoms with van der Waals surface area (Å²) in [5.41, 5.74) is 1.99. The van der Waals surface area contributed by atoms with Gasteiger partial charge in [0.25, 0.3) is 5.91 Å². The molecule has 194 valence electrons. The van der Waals surface area contributed by atoms with E-state index in [1.54, 1.807) is 6.20 Å². The van der Waals surface area contributed by atoms with Crippen LogP contribution >= 0.6 is 0 Å². The van der Waals surface area contributed by atoms with Crippen molar-refractivity contribution in [1.29, 1.82) is 0 Å². The van der Waals surface area contributed by atoms with Crippen LogP contribution in [0.5, 0.6) is 17.2 Å². The van der Waals surface area contributed by atoms with Gasteiger partial charge >= 0.3 is 0 Å². The summed E-state index contributed by atoms with van der Waals surface area (Å²) in [4.78, 5) is 19.5. The van der Waals surface area contributed by atoms with Crippen LogP contribution in [0.15, 0.2) is 53.1 Å². The summed E-state index contributed by atoms with van der Waals surface area (Å²) in [6.45, 7) is 9.50. The van der Waals surface area contributed by atoms with Crippen molar-refractivity contribution in [1.82, 2.24) is 15.2 Å². The number of benzene rings is 2. The Morgan fingerprint density at radius 2 is 1.89 bits per heavy atom. The molecular formula is C29H33N3O5. The Hall–Kier alpha value is -3.62. The van der Waals surface area contributed by atoms with Gasteiger partial charge in [-0.25, -0.2) is 0 Å². The van der Waals surface area contributed by atoms with Crippen LogP contribution in [0.25, 0.3) is 21.9 Å². The second kappa shape index (κ2) is 11.6. The molecule has 0 radical (unpaired) electrons. The maximum Gasteiger partial charge on any atom is 0.255 e. The van der Waals surface area contributed by atoms with Gasteiger partial charge in [-0.15, -0.1) is 0 Å². The van der Waals surface area contributed by atoms with Gasteiger partial charge < -0.3 is 23.9 Å². The fraction of sp³-hybridized carbons (Fsp3) is 0.379. The number of nitrogens with zero attached hydrogens (tertiary/aromatic N) is 2. The number of aryl methyl sites for hydroxylation is 1. The molecule has 8 heteroatoms. The molecule has 2 aromatic carbocycles. The van der Waals surface area contributed by atoms with Crippen molar-refractivity contribution in [3.05, 3.63) is 60.0 Å². The fourth-order valence-corrected chi connectivity index (χ4v) is 4.54. The minimum absolute atomic E-state index is 0.110. The van der Waals surface area contributed by atoms with E-state index in [2.05, 4.69) is 22.1 Å². The first-order valence-corrected chi connectivity index (χ1v) is 12.9. The summed E-state index contributed by atoms with van der Waals surface area (Å²) in [5.74, 6) is 2.57. The first kappa shape index (κ1) is 25.0. The third kappa shape index (κ3) is 5.87. The van der Waals surface area contributed by atoms with E-state index in [0.717, 1.165) is 67.7 Å². The number of nitrogens with one attached hydrogen (secondary N) is 1. The molecule has 0 aliphatic carbocycles. The lowest BCUT2D eigenvalue weighted by Gasteiger charge is -2.26. The highest BCUT2D eigenvalue weighted by Gasteiger charge is 2.19. The van der Waals surface area contributed by atoms with E-state index in [9.17, 15) is 4.79 Å². The Kier molecular flexibility index (Phi) is 7.87. The van der Waals surface area contributed by atoms with E-state index in [-0.39, 0.29) is 5.91 Å². The number of morpholine rings is 1. The van der Waals surface area contributed by atoms with Gasteiger partial charge in [-0.1, -0.05) is 13.3 Å². The number of aromatic nitrogens is 1. The number of furan rings is 1. The van der Waals surface area contributed by atoms with Crippen LogP contribution in [0.1, 0.15) is 35.9 Å². The molecule has 1 amide bonds. The number of carbonyl (C=O) groups is 1. The highest BCUT2D eigenvalue weighted by Crippen LogP contribution is 2.34. The van der Waals surface area contributed by atoms with Gasteiger partial charge in [0.05, 0.1) is 24.3 Å². The number of amides is 1. The van der Waals surface area contributed by atoms with Crippen LogP contribution in [0.4, 0.5) is 0 Å². The van der Waals surface area contributed by atoms with E-state index in [4.69, 9.17) is 18.6 Å². The molecule has 37 heavy (non-hydrogen) atoms. The Morgan fingerprint density at radius 1 is 1.08 bits per heavy atom.